The molecular weight excluding hydrogens is 561 g/mol. The average molecular weight is 583 g/mol. The summed E-state index contributed by atoms with van der Waals surface area (Å²) in [5, 5.41) is 10.3. The summed E-state index contributed by atoms with van der Waals surface area (Å²) in [4.78, 5) is 41.8. The van der Waals surface area contributed by atoms with E-state index in [2.05, 4.69) is 4.99 Å². The molecule has 12 heteroatoms. The molecule has 0 saturated heterocycles. The standard InChI is InChI=1S/C29H21F3N2O6S/c1-3-40-27(38)22-23(21-18-7-5-4-6-16(18)12-13-19(21)39-2)34-25(35)20(41-28(34)33-24(22)29(30,31)32)14-15-8-10-17(11-9-15)26(36)37/h4-14,23H,3H2,1-2H3,(H,36,37)/b20-14-/t23-/m1/s1. The number of hydrogen-bond acceptors (Lipinski definition) is 7. The molecule has 1 aliphatic rings. The highest BCUT2D eigenvalue weighted by molar-refractivity contribution is 7.07. The zero-order valence-corrected chi connectivity index (χ0v) is 22.4. The Labute approximate surface area is 233 Å². The third-order valence-electron chi connectivity index (χ3n) is 6.47. The van der Waals surface area contributed by atoms with Crippen LogP contribution in [0.4, 0.5) is 13.2 Å². The van der Waals surface area contributed by atoms with E-state index in [1.165, 1.54) is 44.4 Å². The van der Waals surface area contributed by atoms with Crippen molar-refractivity contribution in [3.8, 4) is 5.75 Å². The molecule has 41 heavy (non-hydrogen) atoms. The number of carbonyl (C=O) groups is 2. The Morgan fingerprint density at radius 1 is 1.10 bits per heavy atom. The van der Waals surface area contributed by atoms with Gasteiger partial charge in [-0.15, -0.1) is 0 Å². The highest BCUT2D eigenvalue weighted by Gasteiger charge is 2.46. The Bertz CT molecular complexity index is 1910. The van der Waals surface area contributed by atoms with Gasteiger partial charge < -0.3 is 14.6 Å². The van der Waals surface area contributed by atoms with Crippen LogP contribution in [0.5, 0.6) is 5.75 Å². The Morgan fingerprint density at radius 2 is 1.80 bits per heavy atom. The molecule has 0 saturated carbocycles. The van der Waals surface area contributed by atoms with Crippen LogP contribution >= 0.6 is 11.3 Å². The Kier molecular flexibility index (Phi) is 7.26. The van der Waals surface area contributed by atoms with Gasteiger partial charge in [0.25, 0.3) is 5.56 Å². The molecule has 0 unspecified atom stereocenters. The Balaban J connectivity index is 1.88. The zero-order chi connectivity index (χ0) is 29.5. The van der Waals surface area contributed by atoms with Crippen LogP contribution in [-0.4, -0.2) is 41.5 Å². The number of esters is 1. The lowest BCUT2D eigenvalue weighted by Crippen LogP contribution is -2.41. The predicted molar refractivity (Wildman–Crippen MR) is 145 cm³/mol. The van der Waals surface area contributed by atoms with Gasteiger partial charge in [0.1, 0.15) is 11.8 Å². The number of carboxylic acids is 1. The number of alkyl halides is 3. The van der Waals surface area contributed by atoms with Gasteiger partial charge in [-0.05, 0) is 47.5 Å². The Hall–Kier alpha value is -4.71. The van der Waals surface area contributed by atoms with Crippen molar-refractivity contribution in [3.05, 3.63) is 108 Å². The van der Waals surface area contributed by atoms with Gasteiger partial charge >= 0.3 is 18.1 Å². The van der Waals surface area contributed by atoms with Crippen molar-refractivity contribution in [2.75, 3.05) is 13.7 Å². The van der Waals surface area contributed by atoms with Gasteiger partial charge in [-0.1, -0.05) is 53.8 Å². The number of carbonyl (C=O) groups excluding carboxylic acids is 1. The smallest absolute Gasteiger partial charge is 0.434 e. The number of fused-ring (bicyclic) bond motifs is 2. The van der Waals surface area contributed by atoms with E-state index in [-0.39, 0.29) is 32.8 Å². The van der Waals surface area contributed by atoms with E-state index in [9.17, 15) is 27.6 Å². The first-order valence-corrected chi connectivity index (χ1v) is 13.1. The number of aromatic nitrogens is 1. The number of nitrogens with zero attached hydrogens (tertiary/aromatic N) is 2. The lowest BCUT2D eigenvalue weighted by atomic mass is 9.90. The minimum Gasteiger partial charge on any atom is -0.496 e. The lowest BCUT2D eigenvalue weighted by molar-refractivity contribution is -0.140. The number of rotatable bonds is 6. The zero-order valence-electron chi connectivity index (χ0n) is 21.6. The maximum atomic E-state index is 14.5. The summed E-state index contributed by atoms with van der Waals surface area (Å²) in [6, 6.07) is 14.2. The van der Waals surface area contributed by atoms with Gasteiger partial charge in [0.2, 0.25) is 0 Å². The molecular formula is C29H21F3N2O6S. The van der Waals surface area contributed by atoms with Crippen LogP contribution in [0.2, 0.25) is 0 Å². The molecule has 0 radical (unpaired) electrons. The summed E-state index contributed by atoms with van der Waals surface area (Å²) < 4.78 is 55.2. The number of carboxylic acid groups (broad SMARTS) is 1. The lowest BCUT2D eigenvalue weighted by Gasteiger charge is -2.28. The summed E-state index contributed by atoms with van der Waals surface area (Å²) in [5.74, 6) is -2.23. The van der Waals surface area contributed by atoms with Gasteiger partial charge in [0, 0.05) is 5.56 Å². The fraction of sp³-hybridized carbons (Fsp3) is 0.172. The van der Waals surface area contributed by atoms with Gasteiger partial charge in [0.05, 0.1) is 29.4 Å². The molecule has 2 heterocycles. The summed E-state index contributed by atoms with van der Waals surface area (Å²) in [6.45, 7) is 1.26. The van der Waals surface area contributed by atoms with Crippen molar-refractivity contribution < 1.29 is 37.3 Å². The first-order chi connectivity index (χ1) is 19.5. The monoisotopic (exact) mass is 582 g/mol. The molecule has 0 aliphatic carbocycles. The predicted octanol–water partition coefficient (Wildman–Crippen LogP) is 4.20. The molecule has 0 bridgehead atoms. The van der Waals surface area contributed by atoms with E-state index < -0.39 is 41.0 Å². The molecule has 1 aromatic heterocycles. The van der Waals surface area contributed by atoms with Gasteiger partial charge in [-0.3, -0.25) is 9.36 Å². The van der Waals surface area contributed by atoms with E-state index in [4.69, 9.17) is 14.6 Å². The van der Waals surface area contributed by atoms with E-state index in [1.807, 2.05) is 0 Å². The van der Waals surface area contributed by atoms with E-state index in [0.29, 0.717) is 27.7 Å². The number of hydrogen-bond donors (Lipinski definition) is 1. The highest BCUT2D eigenvalue weighted by Crippen LogP contribution is 2.43. The number of thiazole rings is 1. The van der Waals surface area contributed by atoms with Crippen molar-refractivity contribution in [1.29, 1.82) is 0 Å². The minimum absolute atomic E-state index is 0.0283. The number of allylic oxidation sites excluding steroid dienone is 1. The van der Waals surface area contributed by atoms with Crippen molar-refractivity contribution in [2.45, 2.75) is 19.1 Å². The molecule has 5 rings (SSSR count). The normalized spacial score (nSPS) is 15.4. The Morgan fingerprint density at radius 3 is 2.44 bits per heavy atom. The molecule has 1 aliphatic heterocycles. The fourth-order valence-electron chi connectivity index (χ4n) is 4.72. The van der Waals surface area contributed by atoms with E-state index in [0.717, 1.165) is 4.57 Å². The largest absolute Gasteiger partial charge is 0.496 e. The van der Waals surface area contributed by atoms with Crippen molar-refractivity contribution in [3.63, 3.8) is 0 Å². The second kappa shape index (κ2) is 10.7. The number of methoxy groups -OCH3 is 1. The number of benzene rings is 3. The van der Waals surface area contributed by atoms with Crippen LogP contribution in [0, 0.1) is 0 Å². The topological polar surface area (TPSA) is 107 Å². The van der Waals surface area contributed by atoms with Crippen LogP contribution in [0.1, 0.15) is 34.5 Å². The summed E-state index contributed by atoms with van der Waals surface area (Å²) in [6.07, 6.45) is -3.63. The second-order valence-electron chi connectivity index (χ2n) is 8.89. The molecule has 3 aromatic carbocycles. The third kappa shape index (κ3) is 5.02. The quantitative estimate of drug-likeness (QED) is 0.342. The molecule has 0 amide bonds. The van der Waals surface area contributed by atoms with Crippen LogP contribution in [0.15, 0.2) is 81.7 Å². The maximum Gasteiger partial charge on any atom is 0.434 e. The highest BCUT2D eigenvalue weighted by atomic mass is 32.1. The average Bonchev–Trinajstić information content (AvgIpc) is 3.25. The van der Waals surface area contributed by atoms with Gasteiger partial charge in [-0.25, -0.2) is 14.6 Å². The van der Waals surface area contributed by atoms with Crippen molar-refractivity contribution in [2.24, 2.45) is 4.99 Å². The second-order valence-corrected chi connectivity index (χ2v) is 9.90. The summed E-state index contributed by atoms with van der Waals surface area (Å²) in [5.41, 5.74) is -2.35. The van der Waals surface area contributed by atoms with Gasteiger partial charge in [-0.2, -0.15) is 13.2 Å². The van der Waals surface area contributed by atoms with Crippen LogP contribution in [0.25, 0.3) is 16.8 Å². The number of ether oxygens (including phenoxy) is 2. The van der Waals surface area contributed by atoms with E-state index in [1.54, 1.807) is 36.4 Å². The van der Waals surface area contributed by atoms with Gasteiger partial charge in [0.15, 0.2) is 10.5 Å². The number of halogens is 3. The summed E-state index contributed by atoms with van der Waals surface area (Å²) in [7, 11) is 1.34. The first-order valence-electron chi connectivity index (χ1n) is 12.2. The molecule has 1 atom stereocenters. The van der Waals surface area contributed by atoms with E-state index >= 15 is 0 Å². The van der Waals surface area contributed by atoms with Crippen LogP contribution in [0.3, 0.4) is 0 Å². The minimum atomic E-state index is -5.06. The number of aromatic carboxylic acids is 1. The SMILES string of the molecule is CCOC(=O)C1=C(C(F)(F)F)N=c2s/c(=C\c3ccc(C(=O)O)cc3)c(=O)n2[C@@H]1c1c(OC)ccc2ccccc12. The molecule has 0 spiro atoms. The van der Waals surface area contributed by atoms with Crippen LogP contribution in [-0.2, 0) is 9.53 Å². The first kappa shape index (κ1) is 27.8. The molecule has 210 valence electrons. The van der Waals surface area contributed by atoms with Crippen molar-refractivity contribution >= 4 is 40.1 Å². The fourth-order valence-corrected chi connectivity index (χ4v) is 5.72. The molecule has 1 N–H and O–H groups in total. The molecule has 4 aromatic rings. The summed E-state index contributed by atoms with van der Waals surface area (Å²) >= 11 is 0.716. The third-order valence-corrected chi connectivity index (χ3v) is 7.46. The molecule has 8 nitrogen and oxygen atoms in total. The maximum absolute atomic E-state index is 14.5. The van der Waals surface area contributed by atoms with Crippen molar-refractivity contribution in [1.82, 2.24) is 4.57 Å². The molecule has 0 fully saturated rings. The van der Waals surface area contributed by atoms with Crippen LogP contribution < -0.4 is 19.6 Å².